The Bertz CT molecular complexity index is 559. The van der Waals surface area contributed by atoms with E-state index >= 15 is 0 Å². The second-order valence-electron chi connectivity index (χ2n) is 5.62. The minimum atomic E-state index is -0.475. The number of hydrogen-bond acceptors (Lipinski definition) is 2. The summed E-state index contributed by atoms with van der Waals surface area (Å²) in [5.41, 5.74) is 1.90. The standard InChI is InChI=1S/C19H24O2/c1-3-19(4-2,16-10-6-5-7-11-16)18(21)14-15-9-8-12-17(20)13-15/h5-13,18,20-21H,3-4,14H2,1-2H3. The van der Waals surface area contributed by atoms with Crippen molar-refractivity contribution >= 4 is 0 Å². The first-order valence-electron chi connectivity index (χ1n) is 7.64. The van der Waals surface area contributed by atoms with E-state index in [1.807, 2.05) is 30.3 Å². The molecular weight excluding hydrogens is 260 g/mol. The van der Waals surface area contributed by atoms with Crippen molar-refractivity contribution in [3.8, 4) is 5.75 Å². The summed E-state index contributed by atoms with van der Waals surface area (Å²) in [5.74, 6) is 0.248. The predicted molar refractivity (Wildman–Crippen MR) is 86.5 cm³/mol. The molecule has 21 heavy (non-hydrogen) atoms. The lowest BCUT2D eigenvalue weighted by atomic mass is 9.70. The van der Waals surface area contributed by atoms with Crippen LogP contribution >= 0.6 is 0 Å². The largest absolute Gasteiger partial charge is 0.508 e. The summed E-state index contributed by atoms with van der Waals surface area (Å²) in [6, 6.07) is 17.4. The molecular formula is C19H24O2. The van der Waals surface area contributed by atoms with E-state index in [0.717, 1.165) is 18.4 Å². The Hall–Kier alpha value is -1.80. The molecule has 0 aliphatic heterocycles. The zero-order valence-electron chi connectivity index (χ0n) is 12.8. The highest BCUT2D eigenvalue weighted by Gasteiger charge is 2.36. The van der Waals surface area contributed by atoms with Gasteiger partial charge in [-0.3, -0.25) is 0 Å². The summed E-state index contributed by atoms with van der Waals surface area (Å²) in [6.07, 6.45) is 1.84. The van der Waals surface area contributed by atoms with Gasteiger partial charge in [-0.15, -0.1) is 0 Å². The Morgan fingerprint density at radius 1 is 0.952 bits per heavy atom. The number of benzene rings is 2. The number of aliphatic hydroxyl groups excluding tert-OH is 1. The van der Waals surface area contributed by atoms with Crippen molar-refractivity contribution < 1.29 is 10.2 Å². The van der Waals surface area contributed by atoms with E-state index in [1.165, 1.54) is 5.56 Å². The minimum absolute atomic E-state index is 0.243. The molecule has 0 radical (unpaired) electrons. The highest BCUT2D eigenvalue weighted by atomic mass is 16.3. The van der Waals surface area contributed by atoms with Gasteiger partial charge in [-0.1, -0.05) is 56.3 Å². The van der Waals surface area contributed by atoms with Crippen LogP contribution < -0.4 is 0 Å². The van der Waals surface area contributed by atoms with Gasteiger partial charge in [-0.25, -0.2) is 0 Å². The van der Waals surface area contributed by atoms with Crippen LogP contribution in [0.2, 0.25) is 0 Å². The van der Waals surface area contributed by atoms with Crippen molar-refractivity contribution in [1.29, 1.82) is 0 Å². The lowest BCUT2D eigenvalue weighted by molar-refractivity contribution is 0.0733. The Balaban J connectivity index is 2.29. The molecule has 112 valence electrons. The number of phenols is 1. The molecule has 2 aromatic carbocycles. The molecule has 0 spiro atoms. The van der Waals surface area contributed by atoms with Crippen molar-refractivity contribution in [2.45, 2.75) is 44.6 Å². The molecule has 0 aliphatic rings. The average Bonchev–Trinajstić information content (AvgIpc) is 2.50. The highest BCUT2D eigenvalue weighted by Crippen LogP contribution is 2.36. The Labute approximate surface area is 127 Å². The van der Waals surface area contributed by atoms with Crippen LogP contribution in [0.1, 0.15) is 37.8 Å². The van der Waals surface area contributed by atoms with Crippen LogP contribution in [-0.4, -0.2) is 16.3 Å². The fraction of sp³-hybridized carbons (Fsp3) is 0.368. The van der Waals surface area contributed by atoms with E-state index in [-0.39, 0.29) is 11.2 Å². The second-order valence-corrected chi connectivity index (χ2v) is 5.62. The number of aliphatic hydroxyl groups is 1. The van der Waals surface area contributed by atoms with Crippen LogP contribution in [0, 0.1) is 0 Å². The molecule has 0 saturated heterocycles. The number of phenolic OH excluding ortho intramolecular Hbond substituents is 1. The first-order chi connectivity index (χ1) is 10.1. The van der Waals surface area contributed by atoms with E-state index in [4.69, 9.17) is 0 Å². The van der Waals surface area contributed by atoms with Gasteiger partial charge in [-0.05, 0) is 42.5 Å². The van der Waals surface area contributed by atoms with Crippen molar-refractivity contribution in [1.82, 2.24) is 0 Å². The van der Waals surface area contributed by atoms with E-state index in [2.05, 4.69) is 26.0 Å². The second kappa shape index (κ2) is 6.77. The van der Waals surface area contributed by atoms with Gasteiger partial charge in [0.15, 0.2) is 0 Å². The Morgan fingerprint density at radius 3 is 2.19 bits per heavy atom. The van der Waals surface area contributed by atoms with Crippen LogP contribution in [0.15, 0.2) is 54.6 Å². The van der Waals surface area contributed by atoms with E-state index in [9.17, 15) is 10.2 Å². The smallest absolute Gasteiger partial charge is 0.115 e. The summed E-state index contributed by atoms with van der Waals surface area (Å²) in [5, 5.41) is 20.5. The molecule has 0 aromatic heterocycles. The van der Waals surface area contributed by atoms with Crippen LogP contribution in [0.4, 0.5) is 0 Å². The van der Waals surface area contributed by atoms with Crippen LogP contribution in [-0.2, 0) is 11.8 Å². The number of hydrogen-bond donors (Lipinski definition) is 2. The molecule has 0 aliphatic carbocycles. The first kappa shape index (κ1) is 15.6. The molecule has 2 rings (SSSR count). The van der Waals surface area contributed by atoms with Crippen molar-refractivity contribution in [3.05, 3.63) is 65.7 Å². The first-order valence-corrected chi connectivity index (χ1v) is 7.64. The molecule has 0 bridgehead atoms. The van der Waals surface area contributed by atoms with E-state index in [0.29, 0.717) is 6.42 Å². The van der Waals surface area contributed by atoms with Crippen LogP contribution in [0.5, 0.6) is 5.75 Å². The van der Waals surface area contributed by atoms with Crippen molar-refractivity contribution in [2.24, 2.45) is 0 Å². The van der Waals surface area contributed by atoms with Gasteiger partial charge < -0.3 is 10.2 Å². The third kappa shape index (κ3) is 3.27. The normalized spacial score (nSPS) is 13.1. The SMILES string of the molecule is CCC(CC)(c1ccccc1)C(O)Cc1cccc(O)c1. The molecule has 1 unspecified atom stereocenters. The fourth-order valence-corrected chi connectivity index (χ4v) is 3.19. The topological polar surface area (TPSA) is 40.5 Å². The Kier molecular flexibility index (Phi) is 5.03. The monoisotopic (exact) mass is 284 g/mol. The highest BCUT2D eigenvalue weighted by molar-refractivity contribution is 5.31. The zero-order chi connectivity index (χ0) is 15.3. The zero-order valence-corrected chi connectivity index (χ0v) is 12.8. The van der Waals surface area contributed by atoms with Crippen molar-refractivity contribution in [2.75, 3.05) is 0 Å². The van der Waals surface area contributed by atoms with Gasteiger partial charge in [0.2, 0.25) is 0 Å². The summed E-state index contributed by atoms with van der Waals surface area (Å²) in [4.78, 5) is 0. The van der Waals surface area contributed by atoms with Gasteiger partial charge in [0.05, 0.1) is 6.10 Å². The molecule has 0 amide bonds. The maximum Gasteiger partial charge on any atom is 0.115 e. The molecule has 2 nitrogen and oxygen atoms in total. The maximum absolute atomic E-state index is 10.9. The van der Waals surface area contributed by atoms with Gasteiger partial charge in [0.1, 0.15) is 5.75 Å². The summed E-state index contributed by atoms with van der Waals surface area (Å²) in [6.45, 7) is 4.25. The van der Waals surface area contributed by atoms with Crippen LogP contribution in [0.25, 0.3) is 0 Å². The summed E-state index contributed by atoms with van der Waals surface area (Å²) in [7, 11) is 0. The minimum Gasteiger partial charge on any atom is -0.508 e. The van der Waals surface area contributed by atoms with Crippen LogP contribution in [0.3, 0.4) is 0 Å². The van der Waals surface area contributed by atoms with E-state index < -0.39 is 6.10 Å². The van der Waals surface area contributed by atoms with Gasteiger partial charge in [-0.2, -0.15) is 0 Å². The lowest BCUT2D eigenvalue weighted by Crippen LogP contribution is -2.40. The number of rotatable bonds is 6. The quantitative estimate of drug-likeness (QED) is 0.840. The summed E-state index contributed by atoms with van der Waals surface area (Å²) >= 11 is 0. The summed E-state index contributed by atoms with van der Waals surface area (Å²) < 4.78 is 0. The van der Waals surface area contributed by atoms with Gasteiger partial charge in [0, 0.05) is 5.41 Å². The molecule has 0 fully saturated rings. The number of aromatic hydroxyl groups is 1. The van der Waals surface area contributed by atoms with Gasteiger partial charge in [0.25, 0.3) is 0 Å². The third-order valence-corrected chi connectivity index (χ3v) is 4.59. The maximum atomic E-state index is 10.9. The molecule has 2 aromatic rings. The van der Waals surface area contributed by atoms with Crippen molar-refractivity contribution in [3.63, 3.8) is 0 Å². The Morgan fingerprint density at radius 2 is 1.62 bits per heavy atom. The molecule has 2 heteroatoms. The third-order valence-electron chi connectivity index (χ3n) is 4.59. The fourth-order valence-electron chi connectivity index (χ4n) is 3.19. The molecule has 0 saturated carbocycles. The van der Waals surface area contributed by atoms with Gasteiger partial charge >= 0.3 is 0 Å². The van der Waals surface area contributed by atoms with E-state index in [1.54, 1.807) is 12.1 Å². The average molecular weight is 284 g/mol. The molecule has 2 N–H and O–H groups in total. The molecule has 1 atom stereocenters. The lowest BCUT2D eigenvalue weighted by Gasteiger charge is -2.37. The molecule has 0 heterocycles. The predicted octanol–water partition coefficient (Wildman–Crippen LogP) is 4.05.